The summed E-state index contributed by atoms with van der Waals surface area (Å²) in [5.74, 6) is -2.14. The molecule has 2 aromatic rings. The molecule has 0 bridgehead atoms. The van der Waals surface area contributed by atoms with Crippen LogP contribution in [0.2, 0.25) is 0 Å². The van der Waals surface area contributed by atoms with Crippen LogP contribution in [0.15, 0.2) is 41.2 Å². The summed E-state index contributed by atoms with van der Waals surface area (Å²) in [6, 6.07) is 5.87. The van der Waals surface area contributed by atoms with Gasteiger partial charge in [0, 0.05) is 18.8 Å². The van der Waals surface area contributed by atoms with Gasteiger partial charge in [-0.1, -0.05) is 0 Å². The van der Waals surface area contributed by atoms with Gasteiger partial charge < -0.3 is 24.1 Å². The quantitative estimate of drug-likeness (QED) is 0.655. The van der Waals surface area contributed by atoms with Crippen molar-refractivity contribution in [3.63, 3.8) is 0 Å². The van der Waals surface area contributed by atoms with Crippen LogP contribution in [0.3, 0.4) is 0 Å². The number of benzene rings is 1. The first-order chi connectivity index (χ1) is 15.4. The Morgan fingerprint density at radius 2 is 1.69 bits per heavy atom. The molecule has 2 amide bonds. The topological polar surface area (TPSA) is 115 Å². The Balaban J connectivity index is 1.75. The zero-order valence-corrected chi connectivity index (χ0v) is 18.1. The van der Waals surface area contributed by atoms with Crippen molar-refractivity contribution in [1.82, 2.24) is 4.90 Å². The number of nitrogens with zero attached hydrogens (tertiary/aromatic N) is 1. The van der Waals surface area contributed by atoms with E-state index in [2.05, 4.69) is 5.32 Å². The summed E-state index contributed by atoms with van der Waals surface area (Å²) in [6.45, 7) is 4.52. The van der Waals surface area contributed by atoms with Crippen molar-refractivity contribution < 1.29 is 33.1 Å². The third-order valence-corrected chi connectivity index (χ3v) is 5.07. The molecular formula is C23H26N2O7. The molecule has 0 radical (unpaired) electrons. The van der Waals surface area contributed by atoms with E-state index in [0.29, 0.717) is 24.9 Å². The van der Waals surface area contributed by atoms with Crippen LogP contribution in [-0.2, 0) is 14.3 Å². The number of carbonyl (C=O) groups excluding carboxylic acids is 4. The van der Waals surface area contributed by atoms with Crippen LogP contribution in [0.4, 0.5) is 5.69 Å². The fourth-order valence-corrected chi connectivity index (χ4v) is 3.55. The van der Waals surface area contributed by atoms with Crippen LogP contribution >= 0.6 is 0 Å². The van der Waals surface area contributed by atoms with Crippen molar-refractivity contribution in [2.24, 2.45) is 5.92 Å². The van der Waals surface area contributed by atoms with Gasteiger partial charge in [-0.2, -0.15) is 0 Å². The van der Waals surface area contributed by atoms with Gasteiger partial charge in [0.1, 0.15) is 6.26 Å². The molecule has 0 spiro atoms. The number of hydrogen-bond donors (Lipinski definition) is 1. The van der Waals surface area contributed by atoms with Crippen molar-refractivity contribution in [3.8, 4) is 0 Å². The molecule has 1 aromatic carbocycles. The minimum Gasteiger partial charge on any atom is -0.472 e. The maximum atomic E-state index is 12.9. The molecule has 32 heavy (non-hydrogen) atoms. The lowest BCUT2D eigenvalue weighted by Gasteiger charge is -2.31. The van der Waals surface area contributed by atoms with Gasteiger partial charge in [0.05, 0.1) is 42.1 Å². The number of amides is 2. The van der Waals surface area contributed by atoms with Gasteiger partial charge in [0.2, 0.25) is 5.91 Å². The minimum atomic E-state index is -0.608. The monoisotopic (exact) mass is 442 g/mol. The second-order valence-electron chi connectivity index (χ2n) is 7.33. The first kappa shape index (κ1) is 23.1. The number of piperidine rings is 1. The normalized spacial score (nSPS) is 15.7. The van der Waals surface area contributed by atoms with Gasteiger partial charge in [-0.3, -0.25) is 9.59 Å². The van der Waals surface area contributed by atoms with Gasteiger partial charge >= 0.3 is 11.9 Å². The third kappa shape index (κ3) is 5.54. The molecule has 1 saturated heterocycles. The number of rotatable bonds is 7. The van der Waals surface area contributed by atoms with Gasteiger partial charge in [0.15, 0.2) is 0 Å². The van der Waals surface area contributed by atoms with E-state index in [1.807, 2.05) is 0 Å². The lowest BCUT2D eigenvalue weighted by molar-refractivity contribution is -0.121. The van der Waals surface area contributed by atoms with Crippen LogP contribution in [-0.4, -0.2) is 55.0 Å². The number of likely N-dealkylation sites (tertiary alicyclic amines) is 1. The van der Waals surface area contributed by atoms with Crippen LogP contribution in [0.5, 0.6) is 0 Å². The molecule has 1 aliphatic rings. The molecule has 0 saturated carbocycles. The van der Waals surface area contributed by atoms with Gasteiger partial charge in [0.25, 0.3) is 5.91 Å². The third-order valence-electron chi connectivity index (χ3n) is 5.07. The number of hydrogen-bond acceptors (Lipinski definition) is 7. The maximum Gasteiger partial charge on any atom is 0.338 e. The predicted octanol–water partition coefficient (Wildman–Crippen LogP) is 3.12. The van der Waals surface area contributed by atoms with Gasteiger partial charge in [-0.15, -0.1) is 0 Å². The molecule has 9 nitrogen and oxygen atoms in total. The van der Waals surface area contributed by atoms with E-state index >= 15 is 0 Å². The minimum absolute atomic E-state index is 0.133. The number of anilines is 1. The Bertz CT molecular complexity index is 948. The molecule has 3 rings (SSSR count). The van der Waals surface area contributed by atoms with E-state index in [-0.39, 0.29) is 48.4 Å². The Morgan fingerprint density at radius 1 is 1.03 bits per heavy atom. The van der Waals surface area contributed by atoms with E-state index in [0.717, 1.165) is 0 Å². The van der Waals surface area contributed by atoms with Gasteiger partial charge in [-0.05, 0) is 51.0 Å². The maximum absolute atomic E-state index is 12.9. The Labute approximate surface area is 185 Å². The van der Waals surface area contributed by atoms with E-state index in [1.54, 1.807) is 24.8 Å². The SMILES string of the molecule is CCOC(=O)c1cc(NC(=O)C2CCCN(C(=O)c3ccoc3)C2)cc(C(=O)OCC)c1. The standard InChI is InChI=1S/C23H26N2O7/c1-3-31-22(28)17-10-18(23(29)32-4-2)12-19(11-17)24-20(26)15-6-5-8-25(13-15)21(27)16-7-9-30-14-16/h7,9-12,14-15H,3-6,8,13H2,1-2H3,(H,24,26). The first-order valence-corrected chi connectivity index (χ1v) is 10.5. The van der Waals surface area contributed by atoms with Crippen molar-refractivity contribution >= 4 is 29.4 Å². The molecule has 1 atom stereocenters. The zero-order chi connectivity index (χ0) is 23.1. The molecule has 170 valence electrons. The Kier molecular flexibility index (Phi) is 7.64. The molecular weight excluding hydrogens is 416 g/mol. The molecule has 1 unspecified atom stereocenters. The summed E-state index contributed by atoms with van der Waals surface area (Å²) in [7, 11) is 0. The fourth-order valence-electron chi connectivity index (χ4n) is 3.55. The second-order valence-corrected chi connectivity index (χ2v) is 7.33. The van der Waals surface area contributed by atoms with Crippen LogP contribution < -0.4 is 5.32 Å². The second kappa shape index (κ2) is 10.6. The number of ether oxygens (including phenoxy) is 2. The number of carbonyl (C=O) groups is 4. The fraction of sp³-hybridized carbons (Fsp3) is 0.391. The van der Waals surface area contributed by atoms with Crippen LogP contribution in [0.1, 0.15) is 57.8 Å². The van der Waals surface area contributed by atoms with Crippen molar-refractivity contribution in [2.75, 3.05) is 31.6 Å². The van der Waals surface area contributed by atoms with E-state index in [1.165, 1.54) is 30.7 Å². The van der Waals surface area contributed by atoms with Crippen molar-refractivity contribution in [2.45, 2.75) is 26.7 Å². The lowest BCUT2D eigenvalue weighted by Crippen LogP contribution is -2.43. The summed E-state index contributed by atoms with van der Waals surface area (Å²) in [5.41, 5.74) is 0.982. The highest BCUT2D eigenvalue weighted by Crippen LogP contribution is 2.23. The van der Waals surface area contributed by atoms with Gasteiger partial charge in [-0.25, -0.2) is 9.59 Å². The van der Waals surface area contributed by atoms with E-state index in [9.17, 15) is 19.2 Å². The molecule has 1 N–H and O–H groups in total. The van der Waals surface area contributed by atoms with E-state index < -0.39 is 17.9 Å². The molecule has 1 aromatic heterocycles. The highest BCUT2D eigenvalue weighted by Gasteiger charge is 2.29. The highest BCUT2D eigenvalue weighted by molar-refractivity contribution is 6.00. The zero-order valence-electron chi connectivity index (χ0n) is 18.1. The summed E-state index contributed by atoms with van der Waals surface area (Å²) in [4.78, 5) is 51.6. The number of furan rings is 1. The lowest BCUT2D eigenvalue weighted by atomic mass is 9.96. The summed E-state index contributed by atoms with van der Waals surface area (Å²) < 4.78 is 15.0. The Morgan fingerprint density at radius 3 is 2.25 bits per heavy atom. The molecule has 9 heteroatoms. The summed E-state index contributed by atoms with van der Waals surface area (Å²) in [6.07, 6.45) is 4.10. The highest BCUT2D eigenvalue weighted by atomic mass is 16.5. The van der Waals surface area contributed by atoms with Crippen LogP contribution in [0.25, 0.3) is 0 Å². The van der Waals surface area contributed by atoms with Crippen LogP contribution in [0, 0.1) is 5.92 Å². The largest absolute Gasteiger partial charge is 0.472 e. The summed E-state index contributed by atoms with van der Waals surface area (Å²) in [5, 5.41) is 2.77. The predicted molar refractivity (Wildman–Crippen MR) is 114 cm³/mol. The molecule has 1 aliphatic heterocycles. The average molecular weight is 442 g/mol. The smallest absolute Gasteiger partial charge is 0.338 e. The molecule has 1 fully saturated rings. The number of esters is 2. The van der Waals surface area contributed by atoms with Crippen molar-refractivity contribution in [3.05, 3.63) is 53.5 Å². The van der Waals surface area contributed by atoms with E-state index in [4.69, 9.17) is 13.9 Å². The molecule has 2 heterocycles. The first-order valence-electron chi connectivity index (χ1n) is 10.5. The average Bonchev–Trinajstić information content (AvgIpc) is 3.33. The van der Waals surface area contributed by atoms with Crippen molar-refractivity contribution in [1.29, 1.82) is 0 Å². The Hall–Kier alpha value is -3.62. The molecule has 0 aliphatic carbocycles. The number of nitrogens with one attached hydrogen (secondary N) is 1. The summed E-state index contributed by atoms with van der Waals surface area (Å²) >= 11 is 0.